The summed E-state index contributed by atoms with van der Waals surface area (Å²) in [5.41, 5.74) is 0. The first-order valence-electron chi connectivity index (χ1n) is 6.07. The summed E-state index contributed by atoms with van der Waals surface area (Å²) in [6.07, 6.45) is 0. The smallest absolute Gasteiger partial charge is 0.316 e. The van der Waals surface area contributed by atoms with Gasteiger partial charge in [-0.2, -0.15) is 0 Å². The van der Waals surface area contributed by atoms with Crippen molar-refractivity contribution in [1.82, 2.24) is 0 Å². The number of thioether (sulfide) groups is 1. The van der Waals surface area contributed by atoms with Gasteiger partial charge in [0, 0.05) is 10.2 Å². The number of hydrogen-bond donors (Lipinski definition) is 1. The molecule has 4 nitrogen and oxygen atoms in total. The summed E-state index contributed by atoms with van der Waals surface area (Å²) in [4.78, 5) is 11.3. The summed E-state index contributed by atoms with van der Waals surface area (Å²) in [6.45, 7) is 3.63. The molecule has 1 rings (SSSR count). The van der Waals surface area contributed by atoms with Gasteiger partial charge in [-0.05, 0) is 30.2 Å². The van der Waals surface area contributed by atoms with E-state index in [1.807, 2.05) is 13.8 Å². The van der Waals surface area contributed by atoms with Crippen molar-refractivity contribution in [2.24, 2.45) is 5.92 Å². The SMILES string of the molecule is CC(C)C(SCCS(=O)(=O)c1ccc(Br)cc1)C(=O)O. The van der Waals surface area contributed by atoms with Gasteiger partial charge in [0.2, 0.25) is 0 Å². The average Bonchev–Trinajstić information content (AvgIpc) is 2.34. The third-order valence-corrected chi connectivity index (χ3v) is 6.74. The second-order valence-electron chi connectivity index (χ2n) is 4.65. The van der Waals surface area contributed by atoms with Crippen LogP contribution >= 0.6 is 27.7 Å². The molecule has 1 unspecified atom stereocenters. The fraction of sp³-hybridized carbons (Fsp3) is 0.462. The number of halogens is 1. The van der Waals surface area contributed by atoms with Crippen LogP contribution in [0.2, 0.25) is 0 Å². The maximum absolute atomic E-state index is 12.1. The lowest BCUT2D eigenvalue weighted by molar-refractivity contribution is -0.137. The number of benzene rings is 1. The van der Waals surface area contributed by atoms with E-state index in [-0.39, 0.29) is 22.3 Å². The molecule has 1 aromatic carbocycles. The lowest BCUT2D eigenvalue weighted by Gasteiger charge is -2.15. The maximum atomic E-state index is 12.1. The highest BCUT2D eigenvalue weighted by molar-refractivity contribution is 9.10. The van der Waals surface area contributed by atoms with Crippen molar-refractivity contribution < 1.29 is 18.3 Å². The number of hydrogen-bond acceptors (Lipinski definition) is 4. The van der Waals surface area contributed by atoms with Gasteiger partial charge < -0.3 is 5.11 Å². The van der Waals surface area contributed by atoms with E-state index in [4.69, 9.17) is 5.11 Å². The molecular formula is C13H17BrO4S2. The molecule has 0 bridgehead atoms. The monoisotopic (exact) mass is 380 g/mol. The van der Waals surface area contributed by atoms with Crippen LogP contribution in [0.5, 0.6) is 0 Å². The molecule has 112 valence electrons. The summed E-state index contributed by atoms with van der Waals surface area (Å²) in [5, 5.41) is 8.47. The highest BCUT2D eigenvalue weighted by atomic mass is 79.9. The molecule has 0 fully saturated rings. The van der Waals surface area contributed by atoms with E-state index in [9.17, 15) is 13.2 Å². The molecule has 0 aliphatic carbocycles. The lowest BCUT2D eigenvalue weighted by atomic mass is 10.1. The summed E-state index contributed by atoms with van der Waals surface area (Å²) in [6, 6.07) is 6.44. The fourth-order valence-corrected chi connectivity index (χ4v) is 4.69. The molecule has 7 heteroatoms. The molecular weight excluding hydrogens is 364 g/mol. The van der Waals surface area contributed by atoms with E-state index in [0.717, 1.165) is 4.47 Å². The summed E-state index contributed by atoms with van der Waals surface area (Å²) in [5.74, 6) is -0.720. The minimum absolute atomic E-state index is 0.0344. The molecule has 0 saturated heterocycles. The predicted molar refractivity (Wildman–Crippen MR) is 84.9 cm³/mol. The Hall–Kier alpha value is -0.530. The van der Waals surface area contributed by atoms with Gasteiger partial charge in [-0.3, -0.25) is 4.79 Å². The Bertz CT molecular complexity index is 552. The van der Waals surface area contributed by atoms with Gasteiger partial charge in [-0.25, -0.2) is 8.42 Å². The van der Waals surface area contributed by atoms with E-state index >= 15 is 0 Å². The van der Waals surface area contributed by atoms with Crippen LogP contribution in [0.4, 0.5) is 0 Å². The van der Waals surface area contributed by atoms with Gasteiger partial charge in [0.15, 0.2) is 9.84 Å². The largest absolute Gasteiger partial charge is 0.480 e. The number of carboxylic acids is 1. The number of rotatable bonds is 7. The van der Waals surface area contributed by atoms with Crippen molar-refractivity contribution in [1.29, 1.82) is 0 Å². The van der Waals surface area contributed by atoms with Gasteiger partial charge in [-0.15, -0.1) is 11.8 Å². The van der Waals surface area contributed by atoms with E-state index in [0.29, 0.717) is 0 Å². The standard InChI is InChI=1S/C13H17BrO4S2/c1-9(2)12(13(15)16)19-7-8-20(17,18)11-5-3-10(14)4-6-11/h3-6,9,12H,7-8H2,1-2H3,(H,15,16). The average molecular weight is 381 g/mol. The predicted octanol–water partition coefficient (Wildman–Crippen LogP) is 3.07. The van der Waals surface area contributed by atoms with Gasteiger partial charge in [0.25, 0.3) is 0 Å². The Labute approximate surface area is 132 Å². The van der Waals surface area contributed by atoms with Crippen LogP contribution in [0.25, 0.3) is 0 Å². The van der Waals surface area contributed by atoms with Gasteiger partial charge in [0.1, 0.15) is 5.25 Å². The van der Waals surface area contributed by atoms with Crippen molar-refractivity contribution in [3.8, 4) is 0 Å². The maximum Gasteiger partial charge on any atom is 0.316 e. The topological polar surface area (TPSA) is 71.4 Å². The van der Waals surface area contributed by atoms with Crippen molar-refractivity contribution in [2.45, 2.75) is 24.0 Å². The van der Waals surface area contributed by atoms with Crippen LogP contribution in [-0.4, -0.2) is 36.2 Å². The molecule has 1 N–H and O–H groups in total. The first-order valence-corrected chi connectivity index (χ1v) is 9.56. The van der Waals surface area contributed by atoms with Crippen molar-refractivity contribution in [2.75, 3.05) is 11.5 Å². The highest BCUT2D eigenvalue weighted by Gasteiger charge is 2.23. The minimum atomic E-state index is -3.36. The number of carbonyl (C=O) groups is 1. The number of aliphatic carboxylic acids is 1. The zero-order valence-electron chi connectivity index (χ0n) is 11.2. The third-order valence-electron chi connectivity index (χ3n) is 2.67. The van der Waals surface area contributed by atoms with Crippen molar-refractivity contribution >= 4 is 43.5 Å². The summed E-state index contributed by atoms with van der Waals surface area (Å²) >= 11 is 4.43. The molecule has 0 aliphatic heterocycles. The Kier molecular flexibility index (Phi) is 6.54. The first-order chi connectivity index (χ1) is 9.24. The van der Waals surface area contributed by atoms with Crippen molar-refractivity contribution in [3.63, 3.8) is 0 Å². The molecule has 1 aromatic rings. The van der Waals surface area contributed by atoms with Gasteiger partial charge >= 0.3 is 5.97 Å². The molecule has 0 heterocycles. The second kappa shape index (κ2) is 7.47. The molecule has 20 heavy (non-hydrogen) atoms. The highest BCUT2D eigenvalue weighted by Crippen LogP contribution is 2.22. The van der Waals surface area contributed by atoms with Gasteiger partial charge in [-0.1, -0.05) is 29.8 Å². The molecule has 0 saturated carbocycles. The number of carboxylic acid groups (broad SMARTS) is 1. The molecule has 0 aliphatic rings. The van der Waals surface area contributed by atoms with Crippen LogP contribution < -0.4 is 0 Å². The third kappa shape index (κ3) is 5.10. The molecule has 0 spiro atoms. The summed E-state index contributed by atoms with van der Waals surface area (Å²) < 4.78 is 25.0. The Morgan fingerprint density at radius 2 is 1.85 bits per heavy atom. The molecule has 1 atom stereocenters. The Morgan fingerprint density at radius 3 is 2.30 bits per heavy atom. The van der Waals surface area contributed by atoms with E-state index in [2.05, 4.69) is 15.9 Å². The molecule has 0 amide bonds. The zero-order valence-corrected chi connectivity index (χ0v) is 14.5. The Balaban J connectivity index is 2.64. The minimum Gasteiger partial charge on any atom is -0.480 e. The van der Waals surface area contributed by atoms with Crippen LogP contribution in [-0.2, 0) is 14.6 Å². The fourth-order valence-electron chi connectivity index (χ4n) is 1.59. The normalized spacial score (nSPS) is 13.4. The lowest BCUT2D eigenvalue weighted by Crippen LogP contribution is -2.24. The molecule has 0 aromatic heterocycles. The zero-order chi connectivity index (χ0) is 15.3. The van der Waals surface area contributed by atoms with E-state index < -0.39 is 21.1 Å². The summed E-state index contributed by atoms with van der Waals surface area (Å²) in [7, 11) is -3.36. The van der Waals surface area contributed by atoms with Crippen LogP contribution in [0, 0.1) is 5.92 Å². The first kappa shape index (κ1) is 17.5. The Morgan fingerprint density at radius 1 is 1.30 bits per heavy atom. The van der Waals surface area contributed by atoms with Crippen molar-refractivity contribution in [3.05, 3.63) is 28.7 Å². The van der Waals surface area contributed by atoms with Crippen LogP contribution in [0.3, 0.4) is 0 Å². The van der Waals surface area contributed by atoms with E-state index in [1.54, 1.807) is 24.3 Å². The number of sulfone groups is 1. The van der Waals surface area contributed by atoms with Crippen LogP contribution in [0.1, 0.15) is 13.8 Å². The van der Waals surface area contributed by atoms with Crippen LogP contribution in [0.15, 0.2) is 33.6 Å². The quantitative estimate of drug-likeness (QED) is 0.786. The van der Waals surface area contributed by atoms with Gasteiger partial charge in [0.05, 0.1) is 10.6 Å². The molecule has 0 radical (unpaired) electrons. The second-order valence-corrected chi connectivity index (χ2v) is 8.92. The van der Waals surface area contributed by atoms with E-state index in [1.165, 1.54) is 11.8 Å².